The number of hydrogen-bond acceptors (Lipinski definition) is 7. The third-order valence-electron chi connectivity index (χ3n) is 5.60. The molecule has 0 unspecified atom stereocenters. The first kappa shape index (κ1) is 28.5. The molecule has 38 heavy (non-hydrogen) atoms. The Morgan fingerprint density at radius 3 is 2.32 bits per heavy atom. The Bertz CT molecular complexity index is 1180. The predicted molar refractivity (Wildman–Crippen MR) is 145 cm³/mol. The molecule has 1 atom stereocenters. The fourth-order valence-corrected chi connectivity index (χ4v) is 3.89. The summed E-state index contributed by atoms with van der Waals surface area (Å²) in [7, 11) is 0. The Morgan fingerprint density at radius 2 is 1.71 bits per heavy atom. The van der Waals surface area contributed by atoms with Gasteiger partial charge < -0.3 is 25.4 Å². The van der Waals surface area contributed by atoms with Crippen molar-refractivity contribution in [3.8, 4) is 11.5 Å². The lowest BCUT2D eigenvalue weighted by Crippen LogP contribution is -2.42. The van der Waals surface area contributed by atoms with Crippen molar-refractivity contribution in [2.75, 3.05) is 18.5 Å². The molecule has 1 heterocycles. The van der Waals surface area contributed by atoms with E-state index in [0.29, 0.717) is 30.2 Å². The lowest BCUT2D eigenvalue weighted by atomic mass is 10.00. The molecule has 9 nitrogen and oxygen atoms in total. The van der Waals surface area contributed by atoms with Gasteiger partial charge in [-0.15, -0.1) is 0 Å². The number of carboxylic acid groups (broad SMARTS) is 1. The van der Waals surface area contributed by atoms with Crippen LogP contribution in [-0.4, -0.2) is 47.3 Å². The normalized spacial score (nSPS) is 11.6. The molecule has 3 N–H and O–H groups in total. The van der Waals surface area contributed by atoms with E-state index < -0.39 is 17.9 Å². The van der Waals surface area contributed by atoms with E-state index in [1.807, 2.05) is 45.9 Å². The molecule has 1 aromatic heterocycles. The van der Waals surface area contributed by atoms with Gasteiger partial charge in [0.15, 0.2) is 5.75 Å². The second-order valence-corrected chi connectivity index (χ2v) is 9.21. The average Bonchev–Trinajstić information content (AvgIpc) is 2.86. The van der Waals surface area contributed by atoms with Gasteiger partial charge in [0.05, 0.1) is 12.7 Å². The van der Waals surface area contributed by atoms with Crippen LogP contribution >= 0.6 is 0 Å². The van der Waals surface area contributed by atoms with Gasteiger partial charge in [0.1, 0.15) is 17.6 Å². The maximum absolute atomic E-state index is 13.0. The van der Waals surface area contributed by atoms with Crippen LogP contribution in [0.4, 0.5) is 5.82 Å². The number of carbonyl (C=O) groups excluding carboxylic acids is 1. The number of rotatable bonds is 14. The Balaban J connectivity index is 1.49. The van der Waals surface area contributed by atoms with E-state index in [0.717, 1.165) is 28.9 Å². The number of aromatic nitrogens is 1. The van der Waals surface area contributed by atoms with Crippen LogP contribution in [0.25, 0.3) is 0 Å². The number of ether oxygens (including phenoxy) is 1. The molecule has 0 radical (unpaired) electrons. The zero-order chi connectivity index (χ0) is 27.5. The van der Waals surface area contributed by atoms with Crippen molar-refractivity contribution in [2.45, 2.75) is 52.7 Å². The van der Waals surface area contributed by atoms with Crippen LogP contribution in [0.2, 0.25) is 0 Å². The summed E-state index contributed by atoms with van der Waals surface area (Å²) in [5.74, 6) is 0.427. The number of nitrogens with one attached hydrogen (secondary N) is 2. The van der Waals surface area contributed by atoms with E-state index in [-0.39, 0.29) is 12.5 Å². The smallest absolute Gasteiger partial charge is 0.326 e. The molecule has 3 rings (SSSR count). The van der Waals surface area contributed by atoms with Gasteiger partial charge in [-0.25, -0.2) is 9.78 Å². The monoisotopic (exact) mass is 521 g/mol. The van der Waals surface area contributed by atoms with Gasteiger partial charge in [-0.2, -0.15) is 4.89 Å². The van der Waals surface area contributed by atoms with Crippen molar-refractivity contribution in [1.82, 2.24) is 10.3 Å². The number of anilines is 1. The number of aryl methyl sites for hydroxylation is 2. The second-order valence-electron chi connectivity index (χ2n) is 9.21. The number of amides is 1. The van der Waals surface area contributed by atoms with E-state index >= 15 is 0 Å². The molecule has 0 aliphatic rings. The molecule has 1 amide bonds. The third-order valence-corrected chi connectivity index (χ3v) is 5.60. The summed E-state index contributed by atoms with van der Waals surface area (Å²) >= 11 is 0. The molecule has 0 aliphatic carbocycles. The summed E-state index contributed by atoms with van der Waals surface area (Å²) in [6.45, 7) is 8.55. The van der Waals surface area contributed by atoms with Crippen molar-refractivity contribution < 1.29 is 29.2 Å². The average molecular weight is 522 g/mol. The topological polar surface area (TPSA) is 119 Å². The minimum absolute atomic E-state index is 0.00761. The lowest BCUT2D eigenvalue weighted by molar-refractivity contribution is -0.206. The van der Waals surface area contributed by atoms with Gasteiger partial charge in [-0.1, -0.05) is 18.2 Å². The van der Waals surface area contributed by atoms with Crippen LogP contribution in [0.3, 0.4) is 0 Å². The maximum Gasteiger partial charge on any atom is 0.326 e. The molecule has 0 bridgehead atoms. The first-order chi connectivity index (χ1) is 18.2. The summed E-state index contributed by atoms with van der Waals surface area (Å²) in [6.07, 6.45) is 2.57. The van der Waals surface area contributed by atoms with Crippen LogP contribution in [0.5, 0.6) is 11.5 Å². The summed E-state index contributed by atoms with van der Waals surface area (Å²) in [4.78, 5) is 39.7. The van der Waals surface area contributed by atoms with Gasteiger partial charge in [0.25, 0.3) is 5.91 Å². The van der Waals surface area contributed by atoms with Crippen LogP contribution in [0, 0.1) is 13.8 Å². The van der Waals surface area contributed by atoms with E-state index in [9.17, 15) is 14.7 Å². The summed E-state index contributed by atoms with van der Waals surface area (Å²) in [5.41, 5.74) is 2.62. The standard InChI is InChI=1S/C29H35N3O6/c1-19(2)37-24-16-20(3)27(21(4)17-24)28(33)32-25(29(34)35)18-22-9-11-23(12-10-22)38-36-15-7-14-31-26-8-5-6-13-30-26/h5-6,8-13,16-17,19,25H,7,14-15,18H2,1-4H3,(H,30,31)(H,32,33)(H,34,35)/t25-/m0/s1. The zero-order valence-corrected chi connectivity index (χ0v) is 22.2. The van der Waals surface area contributed by atoms with E-state index in [2.05, 4.69) is 15.6 Å². The molecule has 2 aromatic carbocycles. The highest BCUT2D eigenvalue weighted by Gasteiger charge is 2.23. The molecule has 0 spiro atoms. The van der Waals surface area contributed by atoms with Crippen LogP contribution in [0.1, 0.15) is 47.3 Å². The van der Waals surface area contributed by atoms with E-state index in [1.54, 1.807) is 42.6 Å². The van der Waals surface area contributed by atoms with Crippen molar-refractivity contribution in [3.05, 3.63) is 83.0 Å². The first-order valence-corrected chi connectivity index (χ1v) is 12.6. The number of benzene rings is 2. The molecule has 0 saturated heterocycles. The minimum Gasteiger partial charge on any atom is -0.491 e. The Labute approximate surface area is 223 Å². The molecular formula is C29H35N3O6. The molecule has 0 aliphatic heterocycles. The number of carboxylic acids is 1. The van der Waals surface area contributed by atoms with E-state index in [4.69, 9.17) is 14.5 Å². The highest BCUT2D eigenvalue weighted by atomic mass is 17.2. The van der Waals surface area contributed by atoms with Gasteiger partial charge in [-0.3, -0.25) is 4.79 Å². The fraction of sp³-hybridized carbons (Fsp3) is 0.345. The summed E-state index contributed by atoms with van der Waals surface area (Å²) < 4.78 is 5.73. The SMILES string of the molecule is Cc1cc(OC(C)C)cc(C)c1C(=O)N[C@@H](Cc1ccc(OOCCCNc2ccccn2)cc1)C(=O)O. The van der Waals surface area contributed by atoms with Crippen LogP contribution in [-0.2, 0) is 16.1 Å². The zero-order valence-electron chi connectivity index (χ0n) is 22.2. The highest BCUT2D eigenvalue weighted by molar-refractivity contribution is 5.99. The lowest BCUT2D eigenvalue weighted by Gasteiger charge is -2.18. The number of nitrogens with zero attached hydrogens (tertiary/aromatic N) is 1. The molecule has 0 saturated carbocycles. The largest absolute Gasteiger partial charge is 0.491 e. The molecule has 3 aromatic rings. The quantitative estimate of drug-likeness (QED) is 0.158. The van der Waals surface area contributed by atoms with Gasteiger partial charge in [-0.05, 0) is 87.2 Å². The Morgan fingerprint density at radius 1 is 1.00 bits per heavy atom. The van der Waals surface area contributed by atoms with Crippen molar-refractivity contribution in [1.29, 1.82) is 0 Å². The summed E-state index contributed by atoms with van der Waals surface area (Å²) in [5, 5.41) is 15.6. The second kappa shape index (κ2) is 14.0. The fourth-order valence-electron chi connectivity index (χ4n) is 3.89. The van der Waals surface area contributed by atoms with Gasteiger partial charge >= 0.3 is 5.97 Å². The van der Waals surface area contributed by atoms with E-state index in [1.165, 1.54) is 0 Å². The van der Waals surface area contributed by atoms with Gasteiger partial charge in [0.2, 0.25) is 0 Å². The molecular weight excluding hydrogens is 486 g/mol. The van der Waals surface area contributed by atoms with Crippen molar-refractivity contribution in [3.63, 3.8) is 0 Å². The molecule has 9 heteroatoms. The first-order valence-electron chi connectivity index (χ1n) is 12.6. The number of carbonyl (C=O) groups is 2. The van der Waals surface area contributed by atoms with Crippen molar-refractivity contribution in [2.24, 2.45) is 0 Å². The molecule has 202 valence electrons. The number of aliphatic carboxylic acids is 1. The van der Waals surface area contributed by atoms with Crippen LogP contribution < -0.4 is 20.3 Å². The number of pyridine rings is 1. The van der Waals surface area contributed by atoms with Gasteiger partial charge in [0, 0.05) is 24.7 Å². The minimum atomic E-state index is -1.11. The summed E-state index contributed by atoms with van der Waals surface area (Å²) in [6, 6.07) is 15.0. The highest BCUT2D eigenvalue weighted by Crippen LogP contribution is 2.23. The molecule has 0 fully saturated rings. The van der Waals surface area contributed by atoms with Crippen molar-refractivity contribution >= 4 is 17.7 Å². The Hall–Kier alpha value is -4.11. The number of hydrogen-bond donors (Lipinski definition) is 3. The van der Waals surface area contributed by atoms with Crippen LogP contribution in [0.15, 0.2) is 60.8 Å². The Kier molecular flexibility index (Phi) is 10.5. The maximum atomic E-state index is 13.0. The third kappa shape index (κ3) is 8.77. The predicted octanol–water partition coefficient (Wildman–Crippen LogP) is 4.72.